The van der Waals surface area contributed by atoms with Crippen molar-refractivity contribution < 1.29 is 14.1 Å². The molecule has 2 heterocycles. The Kier molecular flexibility index (Phi) is 6.64. The quantitative estimate of drug-likeness (QED) is 0.371. The van der Waals surface area contributed by atoms with Crippen molar-refractivity contribution in [2.75, 3.05) is 5.32 Å². The standard InChI is InChI=1S/C24H21N3O3S/c1-17-14-20(27-30-17)16-31-24-22(8-5-13-25-24)23(28)26-19-9-11-21(12-10-19)29-15-18-6-3-2-4-7-18/h2-14H,15-16H2,1H3,(H,26,28). The second kappa shape index (κ2) is 9.95. The summed E-state index contributed by atoms with van der Waals surface area (Å²) in [5.41, 5.74) is 3.11. The van der Waals surface area contributed by atoms with Crippen LogP contribution >= 0.6 is 11.8 Å². The van der Waals surface area contributed by atoms with Crippen LogP contribution < -0.4 is 10.1 Å². The second-order valence-electron chi connectivity index (χ2n) is 6.83. The Morgan fingerprint density at radius 2 is 1.87 bits per heavy atom. The predicted octanol–water partition coefficient (Wildman–Crippen LogP) is 5.50. The zero-order valence-electron chi connectivity index (χ0n) is 16.9. The van der Waals surface area contributed by atoms with Gasteiger partial charge in [-0.05, 0) is 48.9 Å². The van der Waals surface area contributed by atoms with Gasteiger partial charge in [0, 0.05) is 23.7 Å². The number of pyridine rings is 1. The number of thioether (sulfide) groups is 1. The van der Waals surface area contributed by atoms with E-state index in [2.05, 4.69) is 15.5 Å². The molecule has 7 heteroatoms. The van der Waals surface area contributed by atoms with Crippen LogP contribution in [0.15, 0.2) is 88.5 Å². The number of carbonyl (C=O) groups excluding carboxylic acids is 1. The van der Waals surface area contributed by atoms with E-state index >= 15 is 0 Å². The van der Waals surface area contributed by atoms with E-state index in [1.807, 2.05) is 67.6 Å². The van der Waals surface area contributed by atoms with Crippen LogP contribution in [0.1, 0.15) is 27.4 Å². The Hall–Kier alpha value is -3.58. The summed E-state index contributed by atoms with van der Waals surface area (Å²) in [7, 11) is 0. The third-order valence-corrected chi connectivity index (χ3v) is 5.45. The van der Waals surface area contributed by atoms with Gasteiger partial charge in [-0.15, -0.1) is 0 Å². The monoisotopic (exact) mass is 431 g/mol. The maximum atomic E-state index is 12.8. The zero-order chi connectivity index (χ0) is 21.5. The van der Waals surface area contributed by atoms with Crippen LogP contribution in [-0.2, 0) is 12.4 Å². The molecule has 2 aromatic carbocycles. The Bertz CT molecular complexity index is 1140. The minimum Gasteiger partial charge on any atom is -0.489 e. The normalized spacial score (nSPS) is 10.6. The fraction of sp³-hybridized carbons (Fsp3) is 0.125. The number of amides is 1. The highest BCUT2D eigenvalue weighted by atomic mass is 32.2. The summed E-state index contributed by atoms with van der Waals surface area (Å²) >= 11 is 1.44. The van der Waals surface area contributed by atoms with Gasteiger partial charge in [-0.3, -0.25) is 4.79 Å². The average Bonchev–Trinajstić information content (AvgIpc) is 3.23. The van der Waals surface area contributed by atoms with Crippen LogP contribution in [0.4, 0.5) is 5.69 Å². The van der Waals surface area contributed by atoms with Crippen molar-refractivity contribution in [1.29, 1.82) is 0 Å². The molecule has 0 radical (unpaired) electrons. The fourth-order valence-corrected chi connectivity index (χ4v) is 3.75. The predicted molar refractivity (Wildman–Crippen MR) is 120 cm³/mol. The molecule has 0 saturated heterocycles. The molecule has 0 aliphatic carbocycles. The molecule has 4 rings (SSSR count). The Morgan fingerprint density at radius 1 is 1.06 bits per heavy atom. The highest BCUT2D eigenvalue weighted by molar-refractivity contribution is 7.98. The summed E-state index contributed by atoms with van der Waals surface area (Å²) in [6.45, 7) is 2.34. The number of hydrogen-bond donors (Lipinski definition) is 1. The summed E-state index contributed by atoms with van der Waals surface area (Å²) in [6, 6.07) is 22.7. The van der Waals surface area contributed by atoms with Gasteiger partial charge in [0.05, 0.1) is 11.3 Å². The van der Waals surface area contributed by atoms with Crippen LogP contribution in [0.5, 0.6) is 5.75 Å². The van der Waals surface area contributed by atoms with Crippen molar-refractivity contribution in [3.63, 3.8) is 0 Å². The first-order chi connectivity index (χ1) is 15.2. The van der Waals surface area contributed by atoms with E-state index in [1.165, 1.54) is 11.8 Å². The van der Waals surface area contributed by atoms with Crippen LogP contribution in [0, 0.1) is 6.92 Å². The lowest BCUT2D eigenvalue weighted by molar-refractivity contribution is 0.102. The summed E-state index contributed by atoms with van der Waals surface area (Å²) in [5, 5.41) is 7.54. The number of carbonyl (C=O) groups is 1. The molecule has 1 amide bonds. The molecule has 0 fully saturated rings. The first-order valence-corrected chi connectivity index (χ1v) is 10.7. The van der Waals surface area contributed by atoms with E-state index in [9.17, 15) is 4.79 Å². The number of ether oxygens (including phenoxy) is 1. The average molecular weight is 432 g/mol. The molecule has 0 atom stereocenters. The highest BCUT2D eigenvalue weighted by Crippen LogP contribution is 2.25. The zero-order valence-corrected chi connectivity index (χ0v) is 17.8. The summed E-state index contributed by atoms with van der Waals surface area (Å²) < 4.78 is 10.9. The third-order valence-electron chi connectivity index (χ3n) is 4.41. The smallest absolute Gasteiger partial charge is 0.258 e. The molecule has 4 aromatic rings. The van der Waals surface area contributed by atoms with Gasteiger partial charge in [0.15, 0.2) is 0 Å². The maximum Gasteiger partial charge on any atom is 0.258 e. The van der Waals surface area contributed by atoms with Crippen molar-refractivity contribution in [2.24, 2.45) is 0 Å². The lowest BCUT2D eigenvalue weighted by Crippen LogP contribution is -2.13. The van der Waals surface area contributed by atoms with Gasteiger partial charge in [0.1, 0.15) is 23.1 Å². The molecule has 156 valence electrons. The van der Waals surface area contributed by atoms with Crippen molar-refractivity contribution in [2.45, 2.75) is 24.3 Å². The van der Waals surface area contributed by atoms with Gasteiger partial charge in [-0.1, -0.05) is 47.3 Å². The molecule has 31 heavy (non-hydrogen) atoms. The van der Waals surface area contributed by atoms with Gasteiger partial charge in [-0.25, -0.2) is 4.98 Å². The molecular formula is C24H21N3O3S. The van der Waals surface area contributed by atoms with Crippen molar-refractivity contribution in [1.82, 2.24) is 10.1 Å². The van der Waals surface area contributed by atoms with E-state index < -0.39 is 0 Å². The van der Waals surface area contributed by atoms with E-state index in [0.29, 0.717) is 28.6 Å². The molecule has 2 aromatic heterocycles. The fourth-order valence-electron chi connectivity index (χ4n) is 2.88. The van der Waals surface area contributed by atoms with Crippen LogP contribution in [0.25, 0.3) is 0 Å². The number of aryl methyl sites for hydroxylation is 1. The number of anilines is 1. The molecule has 0 aliphatic heterocycles. The number of rotatable bonds is 8. The van der Waals surface area contributed by atoms with Gasteiger partial charge in [0.2, 0.25) is 0 Å². The topological polar surface area (TPSA) is 77.2 Å². The highest BCUT2D eigenvalue weighted by Gasteiger charge is 2.14. The van der Waals surface area contributed by atoms with Crippen molar-refractivity contribution in [3.05, 3.63) is 102 Å². The van der Waals surface area contributed by atoms with E-state index in [4.69, 9.17) is 9.26 Å². The van der Waals surface area contributed by atoms with Gasteiger partial charge >= 0.3 is 0 Å². The van der Waals surface area contributed by atoms with Gasteiger partial charge in [0.25, 0.3) is 5.91 Å². The summed E-state index contributed by atoms with van der Waals surface area (Å²) in [6.07, 6.45) is 1.67. The third kappa shape index (κ3) is 5.73. The maximum absolute atomic E-state index is 12.8. The minimum atomic E-state index is -0.218. The van der Waals surface area contributed by atoms with E-state index in [1.54, 1.807) is 18.3 Å². The first kappa shape index (κ1) is 20.7. The van der Waals surface area contributed by atoms with Crippen LogP contribution in [0.3, 0.4) is 0 Å². The van der Waals surface area contributed by atoms with Crippen molar-refractivity contribution in [3.8, 4) is 5.75 Å². The van der Waals surface area contributed by atoms with E-state index in [0.717, 1.165) is 22.8 Å². The first-order valence-electron chi connectivity index (χ1n) is 9.75. The SMILES string of the molecule is Cc1cc(CSc2ncccc2C(=O)Nc2ccc(OCc3ccccc3)cc2)no1. The number of nitrogens with zero attached hydrogens (tertiary/aromatic N) is 2. The lowest BCUT2D eigenvalue weighted by Gasteiger charge is -2.10. The molecular weight excluding hydrogens is 410 g/mol. The number of benzene rings is 2. The second-order valence-corrected chi connectivity index (χ2v) is 7.79. The van der Waals surface area contributed by atoms with E-state index in [-0.39, 0.29) is 5.91 Å². The molecule has 0 saturated carbocycles. The number of nitrogens with one attached hydrogen (secondary N) is 1. The van der Waals surface area contributed by atoms with Gasteiger partial charge < -0.3 is 14.6 Å². The molecule has 0 bridgehead atoms. The summed E-state index contributed by atoms with van der Waals surface area (Å²) in [4.78, 5) is 17.2. The molecule has 0 unspecified atom stereocenters. The Labute approximate surface area is 184 Å². The minimum absolute atomic E-state index is 0.218. The molecule has 6 nitrogen and oxygen atoms in total. The molecule has 0 aliphatic rings. The number of hydrogen-bond acceptors (Lipinski definition) is 6. The largest absolute Gasteiger partial charge is 0.489 e. The van der Waals surface area contributed by atoms with Crippen molar-refractivity contribution >= 4 is 23.4 Å². The Morgan fingerprint density at radius 3 is 2.61 bits per heavy atom. The number of aromatic nitrogens is 2. The van der Waals surface area contributed by atoms with Crippen LogP contribution in [-0.4, -0.2) is 16.0 Å². The molecule has 1 N–H and O–H groups in total. The molecule has 0 spiro atoms. The van der Waals surface area contributed by atoms with Crippen LogP contribution in [0.2, 0.25) is 0 Å². The summed E-state index contributed by atoms with van der Waals surface area (Å²) in [5.74, 6) is 1.85. The van der Waals surface area contributed by atoms with Gasteiger partial charge in [-0.2, -0.15) is 0 Å². The lowest BCUT2D eigenvalue weighted by atomic mass is 10.2. The Balaban J connectivity index is 1.36.